The van der Waals surface area contributed by atoms with Gasteiger partial charge >= 0.3 is 0 Å². The predicted molar refractivity (Wildman–Crippen MR) is 78.9 cm³/mol. The lowest BCUT2D eigenvalue weighted by atomic mass is 9.79. The number of ether oxygens (including phenoxy) is 2. The molecule has 0 radical (unpaired) electrons. The van der Waals surface area contributed by atoms with Gasteiger partial charge in [-0.25, -0.2) is 4.39 Å². The lowest BCUT2D eigenvalue weighted by Gasteiger charge is -2.33. The topological polar surface area (TPSA) is 35.5 Å². The number of fused-ring (bicyclic) bond motifs is 1. The van der Waals surface area contributed by atoms with E-state index in [2.05, 4.69) is 0 Å². The number of rotatable bonds is 1. The van der Waals surface area contributed by atoms with Crippen molar-refractivity contribution in [1.29, 1.82) is 0 Å². The third kappa shape index (κ3) is 2.48. The maximum Gasteiger partial charge on any atom is 0.169 e. The van der Waals surface area contributed by atoms with Gasteiger partial charge < -0.3 is 9.47 Å². The second-order valence-electron chi connectivity index (χ2n) is 6.82. The lowest BCUT2D eigenvalue weighted by Crippen LogP contribution is -2.37. The van der Waals surface area contributed by atoms with Gasteiger partial charge in [0.25, 0.3) is 0 Å². The number of benzene rings is 1. The molecule has 0 amide bonds. The summed E-state index contributed by atoms with van der Waals surface area (Å²) in [5, 5.41) is 0. The number of Topliss-reactive ketones (excluding diaryl/α,β-unsaturated/α-hetero) is 1. The van der Waals surface area contributed by atoms with Crippen molar-refractivity contribution in [3.8, 4) is 0 Å². The Morgan fingerprint density at radius 3 is 2.45 bits per heavy atom. The van der Waals surface area contributed by atoms with Crippen LogP contribution in [0.5, 0.6) is 0 Å². The van der Waals surface area contributed by atoms with E-state index in [1.54, 1.807) is 12.1 Å². The van der Waals surface area contributed by atoms with Crippen molar-refractivity contribution < 1.29 is 18.7 Å². The molecule has 1 aromatic carbocycles. The zero-order valence-corrected chi connectivity index (χ0v) is 12.6. The Balaban J connectivity index is 1.62. The molecule has 0 bridgehead atoms. The first-order chi connectivity index (χ1) is 10.7. The Morgan fingerprint density at radius 1 is 1.00 bits per heavy atom. The molecular weight excluding hydrogens is 283 g/mol. The molecule has 1 aliphatic heterocycles. The van der Waals surface area contributed by atoms with Gasteiger partial charge in [-0.2, -0.15) is 0 Å². The highest BCUT2D eigenvalue weighted by molar-refractivity contribution is 5.81. The third-order valence-electron chi connectivity index (χ3n) is 5.27. The number of carbonyl (C=O) groups is 1. The van der Waals surface area contributed by atoms with Crippen LogP contribution in [0.15, 0.2) is 24.3 Å². The summed E-state index contributed by atoms with van der Waals surface area (Å²) >= 11 is 0. The first-order valence-electron chi connectivity index (χ1n) is 8.28. The van der Waals surface area contributed by atoms with Crippen LogP contribution in [-0.4, -0.2) is 23.8 Å². The largest absolute Gasteiger partial charge is 0.343 e. The number of hydrogen-bond acceptors (Lipinski definition) is 3. The van der Waals surface area contributed by atoms with Gasteiger partial charge in [0.1, 0.15) is 11.6 Å². The molecule has 3 atom stereocenters. The van der Waals surface area contributed by atoms with E-state index in [1.165, 1.54) is 18.6 Å². The minimum absolute atomic E-state index is 0.0202. The molecule has 118 valence electrons. The van der Waals surface area contributed by atoms with Crippen molar-refractivity contribution in [1.82, 2.24) is 0 Å². The summed E-state index contributed by atoms with van der Waals surface area (Å²) in [7, 11) is 0. The highest BCUT2D eigenvalue weighted by Gasteiger charge is 2.53. The average Bonchev–Trinajstić information content (AvgIpc) is 2.85. The Kier molecular flexibility index (Phi) is 3.54. The number of ketones is 1. The monoisotopic (exact) mass is 304 g/mol. The van der Waals surface area contributed by atoms with Crippen molar-refractivity contribution in [3.05, 3.63) is 35.6 Å². The van der Waals surface area contributed by atoms with Crippen molar-refractivity contribution in [3.63, 3.8) is 0 Å². The molecule has 0 unspecified atom stereocenters. The molecule has 1 aromatic rings. The fourth-order valence-corrected chi connectivity index (χ4v) is 4.21. The molecule has 3 aliphatic rings. The molecule has 22 heavy (non-hydrogen) atoms. The summed E-state index contributed by atoms with van der Waals surface area (Å²) < 4.78 is 25.8. The summed E-state index contributed by atoms with van der Waals surface area (Å²) in [4.78, 5) is 12.1. The fraction of sp³-hybridized carbons (Fsp3) is 0.611. The summed E-state index contributed by atoms with van der Waals surface area (Å²) in [6.07, 6.45) is 5.99. The van der Waals surface area contributed by atoms with E-state index in [0.717, 1.165) is 31.2 Å². The van der Waals surface area contributed by atoms with Crippen LogP contribution in [0.4, 0.5) is 4.39 Å². The quantitative estimate of drug-likeness (QED) is 0.793. The van der Waals surface area contributed by atoms with Crippen LogP contribution in [-0.2, 0) is 14.3 Å². The second-order valence-corrected chi connectivity index (χ2v) is 6.82. The molecule has 1 heterocycles. The lowest BCUT2D eigenvalue weighted by molar-refractivity contribution is -0.194. The van der Waals surface area contributed by atoms with E-state index in [9.17, 15) is 9.18 Å². The van der Waals surface area contributed by atoms with Gasteiger partial charge in [0.2, 0.25) is 0 Å². The molecule has 0 aromatic heterocycles. The summed E-state index contributed by atoms with van der Waals surface area (Å²) in [5.74, 6) is -0.536. The average molecular weight is 304 g/mol. The number of carbonyl (C=O) groups excluding carboxylic acids is 1. The SMILES string of the molecule is O=C1C[C@H]2OC3(CCCCC3)O[C@H]2[C@H](c2ccc(F)cc2)C1. The molecule has 0 N–H and O–H groups in total. The van der Waals surface area contributed by atoms with Crippen molar-refractivity contribution >= 4 is 5.78 Å². The first kappa shape index (κ1) is 14.3. The standard InChI is InChI=1S/C18H21FO3/c19-13-6-4-12(5-7-13)15-10-14(20)11-16-17(15)22-18(21-16)8-2-1-3-9-18/h4-7,15-17H,1-3,8-11H2/t15-,16+,17-/m0/s1. The molecule has 1 spiro atoms. The zero-order chi connectivity index (χ0) is 15.2. The van der Waals surface area contributed by atoms with E-state index < -0.39 is 5.79 Å². The van der Waals surface area contributed by atoms with Gasteiger partial charge in [0, 0.05) is 31.6 Å². The van der Waals surface area contributed by atoms with Gasteiger partial charge in [0.15, 0.2) is 5.79 Å². The third-order valence-corrected chi connectivity index (χ3v) is 5.27. The number of hydrogen-bond donors (Lipinski definition) is 0. The van der Waals surface area contributed by atoms with E-state index >= 15 is 0 Å². The number of halogens is 1. The Hall–Kier alpha value is -1.26. The van der Waals surface area contributed by atoms with Gasteiger partial charge in [0.05, 0.1) is 12.2 Å². The fourth-order valence-electron chi connectivity index (χ4n) is 4.21. The summed E-state index contributed by atoms with van der Waals surface area (Å²) in [6, 6.07) is 6.45. The van der Waals surface area contributed by atoms with Crippen LogP contribution >= 0.6 is 0 Å². The minimum atomic E-state index is -0.476. The highest BCUT2D eigenvalue weighted by Crippen LogP contribution is 2.48. The van der Waals surface area contributed by atoms with E-state index in [-0.39, 0.29) is 29.7 Å². The van der Waals surface area contributed by atoms with Crippen LogP contribution in [0.3, 0.4) is 0 Å². The van der Waals surface area contributed by atoms with Crippen LogP contribution in [0.25, 0.3) is 0 Å². The molecule has 4 heteroatoms. The first-order valence-corrected chi connectivity index (χ1v) is 8.28. The Morgan fingerprint density at radius 2 is 1.73 bits per heavy atom. The molecule has 3 nitrogen and oxygen atoms in total. The second kappa shape index (κ2) is 5.43. The van der Waals surface area contributed by atoms with Gasteiger partial charge in [-0.3, -0.25) is 4.79 Å². The zero-order valence-electron chi connectivity index (χ0n) is 12.6. The van der Waals surface area contributed by atoms with Crippen molar-refractivity contribution in [2.24, 2.45) is 0 Å². The minimum Gasteiger partial charge on any atom is -0.343 e. The van der Waals surface area contributed by atoms with Crippen LogP contribution in [0, 0.1) is 5.82 Å². The smallest absolute Gasteiger partial charge is 0.169 e. The van der Waals surface area contributed by atoms with Crippen LogP contribution in [0.1, 0.15) is 56.4 Å². The van der Waals surface area contributed by atoms with E-state index in [4.69, 9.17) is 9.47 Å². The molecule has 2 aliphatic carbocycles. The maximum atomic E-state index is 13.2. The van der Waals surface area contributed by atoms with Gasteiger partial charge in [-0.15, -0.1) is 0 Å². The molecular formula is C18H21FO3. The molecule has 2 saturated carbocycles. The van der Waals surface area contributed by atoms with Gasteiger partial charge in [-0.05, 0) is 30.5 Å². The Bertz CT molecular complexity index is 562. The van der Waals surface area contributed by atoms with Crippen molar-refractivity contribution in [2.45, 2.75) is 68.9 Å². The van der Waals surface area contributed by atoms with Crippen LogP contribution < -0.4 is 0 Å². The maximum absolute atomic E-state index is 13.2. The predicted octanol–water partition coefficient (Wildman–Crippen LogP) is 3.72. The van der Waals surface area contributed by atoms with Gasteiger partial charge in [-0.1, -0.05) is 18.6 Å². The van der Waals surface area contributed by atoms with Crippen LogP contribution in [0.2, 0.25) is 0 Å². The molecule has 3 fully saturated rings. The summed E-state index contributed by atoms with van der Waals surface area (Å²) in [6.45, 7) is 0. The summed E-state index contributed by atoms with van der Waals surface area (Å²) in [5.41, 5.74) is 0.973. The van der Waals surface area contributed by atoms with E-state index in [1.807, 2.05) is 0 Å². The van der Waals surface area contributed by atoms with E-state index in [0.29, 0.717) is 12.8 Å². The van der Waals surface area contributed by atoms with Crippen molar-refractivity contribution in [2.75, 3.05) is 0 Å². The Labute approximate surface area is 129 Å². The normalized spacial score (nSPS) is 33.9. The molecule has 4 rings (SSSR count). The molecule has 1 saturated heterocycles. The highest BCUT2D eigenvalue weighted by atomic mass is 19.1.